The second kappa shape index (κ2) is 8.34. The van der Waals surface area contributed by atoms with Crippen LogP contribution in [0.5, 0.6) is 0 Å². The van der Waals surface area contributed by atoms with Crippen molar-refractivity contribution >= 4 is 11.8 Å². The largest absolute Gasteiger partial charge is 0.354 e. The van der Waals surface area contributed by atoms with E-state index in [1.165, 1.54) is 0 Å². The van der Waals surface area contributed by atoms with E-state index < -0.39 is 5.41 Å². The third kappa shape index (κ3) is 4.68. The molecule has 0 atom stereocenters. The minimum Gasteiger partial charge on any atom is -0.354 e. The molecule has 3 N–H and O–H groups in total. The third-order valence-electron chi connectivity index (χ3n) is 4.76. The van der Waals surface area contributed by atoms with Crippen molar-refractivity contribution in [1.29, 1.82) is 0 Å². The summed E-state index contributed by atoms with van der Waals surface area (Å²) in [7, 11) is 0. The summed E-state index contributed by atoms with van der Waals surface area (Å²) in [6, 6.07) is 0. The molecule has 0 aromatic carbocycles. The standard InChI is InChI=1S/C15H30N4O2/c1-4-15(5-2,12-16)14(21)17-6-7-18-8-10-19(11-9-18)13(3)20/h4-12,16H2,1-3H3,(H,17,21). The number of hydrogen-bond acceptors (Lipinski definition) is 4. The van der Waals surface area contributed by atoms with Gasteiger partial charge in [0.15, 0.2) is 0 Å². The zero-order chi connectivity index (χ0) is 15.9. The van der Waals surface area contributed by atoms with Gasteiger partial charge in [0.2, 0.25) is 11.8 Å². The van der Waals surface area contributed by atoms with Crippen molar-refractivity contribution in [2.24, 2.45) is 11.1 Å². The average molecular weight is 298 g/mol. The highest BCUT2D eigenvalue weighted by Crippen LogP contribution is 2.24. The minimum absolute atomic E-state index is 0.0670. The Hall–Kier alpha value is -1.14. The van der Waals surface area contributed by atoms with E-state index in [2.05, 4.69) is 10.2 Å². The predicted molar refractivity (Wildman–Crippen MR) is 83.8 cm³/mol. The van der Waals surface area contributed by atoms with Crippen LogP contribution in [0.3, 0.4) is 0 Å². The number of amides is 2. The fraction of sp³-hybridized carbons (Fsp3) is 0.867. The van der Waals surface area contributed by atoms with E-state index in [-0.39, 0.29) is 11.8 Å². The second-order valence-corrected chi connectivity index (χ2v) is 5.80. The van der Waals surface area contributed by atoms with Gasteiger partial charge >= 0.3 is 0 Å². The monoisotopic (exact) mass is 298 g/mol. The summed E-state index contributed by atoms with van der Waals surface area (Å²) in [5.41, 5.74) is 5.36. The smallest absolute Gasteiger partial charge is 0.227 e. The third-order valence-corrected chi connectivity index (χ3v) is 4.76. The van der Waals surface area contributed by atoms with Crippen LogP contribution in [0.4, 0.5) is 0 Å². The molecule has 0 unspecified atom stereocenters. The normalized spacial score (nSPS) is 16.9. The number of carbonyl (C=O) groups is 2. The molecule has 0 aromatic heterocycles. The number of piperazine rings is 1. The van der Waals surface area contributed by atoms with E-state index in [1.807, 2.05) is 18.7 Å². The highest BCUT2D eigenvalue weighted by atomic mass is 16.2. The van der Waals surface area contributed by atoms with E-state index in [0.29, 0.717) is 13.1 Å². The van der Waals surface area contributed by atoms with E-state index in [9.17, 15) is 9.59 Å². The Kier molecular flexibility index (Phi) is 7.11. The Morgan fingerprint density at radius 2 is 1.71 bits per heavy atom. The highest BCUT2D eigenvalue weighted by Gasteiger charge is 2.33. The Morgan fingerprint density at radius 3 is 2.14 bits per heavy atom. The van der Waals surface area contributed by atoms with Crippen molar-refractivity contribution in [3.05, 3.63) is 0 Å². The Morgan fingerprint density at radius 1 is 1.14 bits per heavy atom. The highest BCUT2D eigenvalue weighted by molar-refractivity contribution is 5.82. The summed E-state index contributed by atoms with van der Waals surface area (Å²) in [6.07, 6.45) is 1.53. The minimum atomic E-state index is -0.423. The van der Waals surface area contributed by atoms with Crippen LogP contribution in [0.2, 0.25) is 0 Å². The molecule has 2 amide bonds. The first kappa shape index (κ1) is 17.9. The van der Waals surface area contributed by atoms with Crippen molar-refractivity contribution < 1.29 is 9.59 Å². The zero-order valence-corrected chi connectivity index (χ0v) is 13.7. The van der Waals surface area contributed by atoms with E-state index in [4.69, 9.17) is 5.73 Å². The summed E-state index contributed by atoms with van der Waals surface area (Å²) < 4.78 is 0. The summed E-state index contributed by atoms with van der Waals surface area (Å²) in [5, 5.41) is 3.02. The summed E-state index contributed by atoms with van der Waals surface area (Å²) in [4.78, 5) is 27.7. The zero-order valence-electron chi connectivity index (χ0n) is 13.7. The van der Waals surface area contributed by atoms with Crippen LogP contribution in [0.15, 0.2) is 0 Å². The fourth-order valence-corrected chi connectivity index (χ4v) is 2.75. The van der Waals surface area contributed by atoms with E-state index in [1.54, 1.807) is 6.92 Å². The Bertz CT molecular complexity index is 339. The molecule has 1 heterocycles. The fourth-order valence-electron chi connectivity index (χ4n) is 2.75. The molecule has 21 heavy (non-hydrogen) atoms. The molecule has 1 aliphatic heterocycles. The van der Waals surface area contributed by atoms with Gasteiger partial charge in [-0.1, -0.05) is 13.8 Å². The lowest BCUT2D eigenvalue weighted by molar-refractivity contribution is -0.131. The molecule has 1 saturated heterocycles. The summed E-state index contributed by atoms with van der Waals surface area (Å²) in [6.45, 7) is 10.8. The van der Waals surface area contributed by atoms with Gasteiger partial charge in [-0.2, -0.15) is 0 Å². The lowest BCUT2D eigenvalue weighted by atomic mass is 9.81. The molecular formula is C15H30N4O2. The lowest BCUT2D eigenvalue weighted by Gasteiger charge is -2.34. The van der Waals surface area contributed by atoms with Crippen LogP contribution >= 0.6 is 0 Å². The van der Waals surface area contributed by atoms with Gasteiger partial charge in [-0.05, 0) is 12.8 Å². The van der Waals surface area contributed by atoms with Crippen LogP contribution in [0.1, 0.15) is 33.6 Å². The maximum atomic E-state index is 12.3. The number of nitrogens with one attached hydrogen (secondary N) is 1. The van der Waals surface area contributed by atoms with Crippen LogP contribution in [-0.2, 0) is 9.59 Å². The molecule has 0 bridgehead atoms. The molecule has 0 aromatic rings. The number of rotatable bonds is 7. The molecule has 1 rings (SSSR count). The molecule has 0 radical (unpaired) electrons. The van der Waals surface area contributed by atoms with Crippen molar-refractivity contribution in [2.45, 2.75) is 33.6 Å². The van der Waals surface area contributed by atoms with E-state index >= 15 is 0 Å². The maximum absolute atomic E-state index is 12.3. The van der Waals surface area contributed by atoms with Crippen molar-refractivity contribution in [2.75, 3.05) is 45.8 Å². The molecule has 0 aliphatic carbocycles. The van der Waals surface area contributed by atoms with Gasteiger partial charge in [0, 0.05) is 52.7 Å². The molecule has 6 heteroatoms. The van der Waals surface area contributed by atoms with Crippen molar-refractivity contribution in [3.8, 4) is 0 Å². The first-order valence-corrected chi connectivity index (χ1v) is 7.95. The van der Waals surface area contributed by atoms with E-state index in [0.717, 1.165) is 45.6 Å². The van der Waals surface area contributed by atoms with Crippen LogP contribution in [-0.4, -0.2) is 67.4 Å². The molecule has 0 saturated carbocycles. The summed E-state index contributed by atoms with van der Waals surface area (Å²) in [5.74, 6) is 0.207. The van der Waals surface area contributed by atoms with Crippen LogP contribution < -0.4 is 11.1 Å². The number of hydrogen-bond donors (Lipinski definition) is 2. The molecule has 1 fully saturated rings. The lowest BCUT2D eigenvalue weighted by Crippen LogP contribution is -2.51. The molecule has 6 nitrogen and oxygen atoms in total. The Labute approximate surface area is 128 Å². The predicted octanol–water partition coefficient (Wildman–Crippen LogP) is 0.0318. The number of nitrogens with zero attached hydrogens (tertiary/aromatic N) is 2. The summed E-state index contributed by atoms with van der Waals surface area (Å²) >= 11 is 0. The molecular weight excluding hydrogens is 268 g/mol. The second-order valence-electron chi connectivity index (χ2n) is 5.80. The maximum Gasteiger partial charge on any atom is 0.227 e. The molecule has 122 valence electrons. The number of nitrogens with two attached hydrogens (primary N) is 1. The van der Waals surface area contributed by atoms with Gasteiger partial charge in [0.1, 0.15) is 0 Å². The van der Waals surface area contributed by atoms with Crippen molar-refractivity contribution in [1.82, 2.24) is 15.1 Å². The van der Waals surface area contributed by atoms with Gasteiger partial charge in [0.05, 0.1) is 5.41 Å². The average Bonchev–Trinajstić information content (AvgIpc) is 2.50. The topological polar surface area (TPSA) is 78.7 Å². The van der Waals surface area contributed by atoms with Crippen LogP contribution in [0.25, 0.3) is 0 Å². The van der Waals surface area contributed by atoms with Crippen LogP contribution in [0, 0.1) is 5.41 Å². The quantitative estimate of drug-likeness (QED) is 0.695. The number of carbonyl (C=O) groups excluding carboxylic acids is 2. The van der Waals surface area contributed by atoms with Gasteiger partial charge < -0.3 is 16.0 Å². The van der Waals surface area contributed by atoms with Gasteiger partial charge in [-0.3, -0.25) is 14.5 Å². The first-order valence-electron chi connectivity index (χ1n) is 7.95. The van der Waals surface area contributed by atoms with Gasteiger partial charge in [-0.25, -0.2) is 0 Å². The van der Waals surface area contributed by atoms with Gasteiger partial charge in [-0.15, -0.1) is 0 Å². The van der Waals surface area contributed by atoms with Crippen molar-refractivity contribution in [3.63, 3.8) is 0 Å². The SMILES string of the molecule is CCC(CC)(CN)C(=O)NCCN1CCN(C(C)=O)CC1. The molecule has 1 aliphatic rings. The first-order chi connectivity index (χ1) is 9.99. The molecule has 0 spiro atoms. The Balaban J connectivity index is 2.31. The van der Waals surface area contributed by atoms with Gasteiger partial charge in [0.25, 0.3) is 0 Å².